The monoisotopic (exact) mass is 530 g/mol. The number of nitrogens with zero attached hydrogens (tertiary/aromatic N) is 1. The summed E-state index contributed by atoms with van der Waals surface area (Å²) in [6, 6.07) is 9.99. The van der Waals surface area contributed by atoms with Crippen LogP contribution in [0.2, 0.25) is 0 Å². The first kappa shape index (κ1) is 26.9. The van der Waals surface area contributed by atoms with Gasteiger partial charge in [-0.25, -0.2) is 0 Å². The molecule has 1 unspecified atom stereocenters. The molecule has 2 aromatic carbocycles. The highest BCUT2D eigenvalue weighted by molar-refractivity contribution is 6.27. The number of methoxy groups -OCH3 is 1. The zero-order valence-electron chi connectivity index (χ0n) is 21.5. The highest BCUT2D eigenvalue weighted by Crippen LogP contribution is 2.36. The maximum atomic E-state index is 13.9. The predicted octanol–water partition coefficient (Wildman–Crippen LogP) is 4.97. The number of amides is 2. The summed E-state index contributed by atoms with van der Waals surface area (Å²) in [6.45, 7) is 2.69. The minimum atomic E-state index is -0.912. The molecule has 1 atom stereocenters. The van der Waals surface area contributed by atoms with E-state index >= 15 is 0 Å². The number of carbonyl (C=O) groups excluding carboxylic acids is 2. The quantitative estimate of drug-likeness (QED) is 0.345. The van der Waals surface area contributed by atoms with Gasteiger partial charge in [0.05, 0.1) is 13.7 Å². The molecular weight excluding hydrogens is 496 g/mol. The van der Waals surface area contributed by atoms with Crippen LogP contribution in [0.4, 0.5) is 0 Å². The fourth-order valence-electron chi connectivity index (χ4n) is 4.94. The lowest BCUT2D eigenvalue weighted by molar-refractivity contribution is -0.140. The molecular formula is C28H35ClN2O6. The number of carbonyl (C=O) groups is 2. The first-order valence-electron chi connectivity index (χ1n) is 12.9. The van der Waals surface area contributed by atoms with Crippen molar-refractivity contribution in [2.45, 2.75) is 64.1 Å². The number of rotatable bonds is 10. The van der Waals surface area contributed by atoms with Crippen molar-refractivity contribution in [2.24, 2.45) is 0 Å². The molecule has 8 nitrogen and oxygen atoms in total. The number of benzene rings is 2. The molecule has 1 aliphatic heterocycles. The molecule has 0 radical (unpaired) electrons. The van der Waals surface area contributed by atoms with E-state index in [2.05, 4.69) is 5.32 Å². The molecule has 37 heavy (non-hydrogen) atoms. The summed E-state index contributed by atoms with van der Waals surface area (Å²) in [7, 11) is 1.55. The Labute approximate surface area is 223 Å². The molecule has 2 aliphatic rings. The van der Waals surface area contributed by atoms with E-state index in [4.69, 9.17) is 30.5 Å². The van der Waals surface area contributed by atoms with Gasteiger partial charge in [0.1, 0.15) is 11.9 Å². The topological polar surface area (TPSA) is 86.3 Å². The smallest absolute Gasteiger partial charge is 0.247 e. The summed E-state index contributed by atoms with van der Waals surface area (Å²) in [6.07, 6.45) is 6.36. The van der Waals surface area contributed by atoms with Gasteiger partial charge >= 0.3 is 0 Å². The standard InChI is InChI=1S/C28H35ClN2O6/c1-3-35-22-13-11-20(15-24(22)34-2)27(28(33)30-21-8-6-4-5-7-9-21)31(26(32)16-29)17-19-10-12-23-25(14-19)37-18-36-23/h10-15,21,27H,3-9,16-18H2,1-2H3,(H,30,33). The fourth-order valence-corrected chi connectivity index (χ4v) is 5.10. The molecule has 0 spiro atoms. The highest BCUT2D eigenvalue weighted by atomic mass is 35.5. The van der Waals surface area contributed by atoms with Crippen LogP contribution in [0.25, 0.3) is 0 Å². The minimum Gasteiger partial charge on any atom is -0.493 e. The SMILES string of the molecule is CCOc1ccc(C(C(=O)NC2CCCCCC2)N(Cc2ccc3c(c2)OCO3)C(=O)CCl)cc1OC. The Hall–Kier alpha value is -3.13. The van der Waals surface area contributed by atoms with E-state index in [1.807, 2.05) is 25.1 Å². The van der Waals surface area contributed by atoms with Crippen molar-refractivity contribution in [3.63, 3.8) is 0 Å². The van der Waals surface area contributed by atoms with Gasteiger partial charge in [-0.15, -0.1) is 11.6 Å². The third-order valence-electron chi connectivity index (χ3n) is 6.79. The predicted molar refractivity (Wildman–Crippen MR) is 140 cm³/mol. The van der Waals surface area contributed by atoms with E-state index < -0.39 is 6.04 Å². The molecule has 9 heteroatoms. The van der Waals surface area contributed by atoms with Gasteiger partial charge in [0.15, 0.2) is 23.0 Å². The Morgan fingerprint density at radius 2 is 1.81 bits per heavy atom. The average Bonchev–Trinajstić information content (AvgIpc) is 3.23. The maximum absolute atomic E-state index is 13.9. The normalized spacial score (nSPS) is 16.0. The van der Waals surface area contributed by atoms with Crippen LogP contribution >= 0.6 is 11.6 Å². The molecule has 4 rings (SSSR count). The average molecular weight is 531 g/mol. The number of alkyl halides is 1. The highest BCUT2D eigenvalue weighted by Gasteiger charge is 2.33. The van der Waals surface area contributed by atoms with Gasteiger partial charge in [-0.05, 0) is 55.2 Å². The van der Waals surface area contributed by atoms with Gasteiger partial charge in [-0.3, -0.25) is 9.59 Å². The lowest BCUT2D eigenvalue weighted by Crippen LogP contribution is -2.46. The van der Waals surface area contributed by atoms with Crippen LogP contribution in [0, 0.1) is 0 Å². The molecule has 0 aromatic heterocycles. The summed E-state index contributed by atoms with van der Waals surface area (Å²) >= 11 is 6.07. The molecule has 200 valence electrons. The van der Waals surface area contributed by atoms with Crippen molar-refractivity contribution in [3.8, 4) is 23.0 Å². The molecule has 1 heterocycles. The second-order valence-corrected chi connectivity index (χ2v) is 9.55. The summed E-state index contributed by atoms with van der Waals surface area (Å²) in [4.78, 5) is 28.7. The van der Waals surface area contributed by atoms with E-state index in [9.17, 15) is 9.59 Å². The van der Waals surface area contributed by atoms with Crippen molar-refractivity contribution in [1.82, 2.24) is 10.2 Å². The molecule has 0 bridgehead atoms. The number of ether oxygens (including phenoxy) is 4. The first-order valence-corrected chi connectivity index (χ1v) is 13.4. The molecule has 0 saturated heterocycles. The lowest BCUT2D eigenvalue weighted by Gasteiger charge is -2.32. The van der Waals surface area contributed by atoms with Crippen LogP contribution in [-0.4, -0.2) is 49.1 Å². The Balaban J connectivity index is 1.70. The second-order valence-electron chi connectivity index (χ2n) is 9.29. The lowest BCUT2D eigenvalue weighted by atomic mass is 10.0. The van der Waals surface area contributed by atoms with Crippen LogP contribution < -0.4 is 24.3 Å². The van der Waals surface area contributed by atoms with Gasteiger partial charge in [-0.2, -0.15) is 0 Å². The van der Waals surface area contributed by atoms with E-state index in [1.54, 1.807) is 25.3 Å². The molecule has 1 saturated carbocycles. The van der Waals surface area contributed by atoms with Gasteiger partial charge in [0, 0.05) is 12.6 Å². The molecule has 1 aliphatic carbocycles. The maximum Gasteiger partial charge on any atom is 0.247 e. The molecule has 2 amide bonds. The molecule has 1 fully saturated rings. The number of nitrogens with one attached hydrogen (secondary N) is 1. The summed E-state index contributed by atoms with van der Waals surface area (Å²) in [5.41, 5.74) is 1.42. The van der Waals surface area contributed by atoms with Crippen LogP contribution in [0.3, 0.4) is 0 Å². The molecule has 1 N–H and O–H groups in total. The van der Waals surface area contributed by atoms with Crippen molar-refractivity contribution in [1.29, 1.82) is 0 Å². The summed E-state index contributed by atoms with van der Waals surface area (Å²) < 4.78 is 22.2. The van der Waals surface area contributed by atoms with E-state index in [1.165, 1.54) is 17.7 Å². The second kappa shape index (κ2) is 12.9. The third kappa shape index (κ3) is 6.60. The number of fused-ring (bicyclic) bond motifs is 1. The third-order valence-corrected chi connectivity index (χ3v) is 7.02. The zero-order valence-corrected chi connectivity index (χ0v) is 22.2. The van der Waals surface area contributed by atoms with Gasteiger partial charge in [-0.1, -0.05) is 37.8 Å². The van der Waals surface area contributed by atoms with E-state index in [0.29, 0.717) is 35.2 Å². The zero-order chi connectivity index (χ0) is 26.2. The molecule has 2 aromatic rings. The minimum absolute atomic E-state index is 0.0700. The van der Waals surface area contributed by atoms with Crippen molar-refractivity contribution >= 4 is 23.4 Å². The van der Waals surface area contributed by atoms with E-state index in [-0.39, 0.29) is 37.1 Å². The van der Waals surface area contributed by atoms with Gasteiger partial charge in [0.25, 0.3) is 0 Å². The summed E-state index contributed by atoms with van der Waals surface area (Å²) in [5, 5.41) is 3.23. The van der Waals surface area contributed by atoms with Crippen LogP contribution in [0.15, 0.2) is 36.4 Å². The Morgan fingerprint density at radius 3 is 2.51 bits per heavy atom. The van der Waals surface area contributed by atoms with Crippen molar-refractivity contribution in [3.05, 3.63) is 47.5 Å². The van der Waals surface area contributed by atoms with Gasteiger partial charge < -0.3 is 29.2 Å². The van der Waals surface area contributed by atoms with Gasteiger partial charge in [0.2, 0.25) is 18.6 Å². The fraction of sp³-hybridized carbons (Fsp3) is 0.500. The van der Waals surface area contributed by atoms with Crippen molar-refractivity contribution < 1.29 is 28.5 Å². The van der Waals surface area contributed by atoms with E-state index in [0.717, 1.165) is 31.2 Å². The number of hydrogen-bond acceptors (Lipinski definition) is 6. The Kier molecular flexibility index (Phi) is 9.39. The van der Waals surface area contributed by atoms with Crippen LogP contribution in [0.5, 0.6) is 23.0 Å². The largest absolute Gasteiger partial charge is 0.493 e. The van der Waals surface area contributed by atoms with Crippen LogP contribution in [0.1, 0.15) is 62.6 Å². The van der Waals surface area contributed by atoms with Crippen molar-refractivity contribution in [2.75, 3.05) is 26.4 Å². The van der Waals surface area contributed by atoms with Crippen LogP contribution in [-0.2, 0) is 16.1 Å². The number of hydrogen-bond donors (Lipinski definition) is 1. The summed E-state index contributed by atoms with van der Waals surface area (Å²) in [5.74, 6) is 1.48. The Bertz CT molecular complexity index is 1090. The number of halogens is 1. The first-order chi connectivity index (χ1) is 18.0. The Morgan fingerprint density at radius 1 is 1.05 bits per heavy atom.